The van der Waals surface area contributed by atoms with Crippen molar-refractivity contribution in [1.29, 1.82) is 0 Å². The lowest BCUT2D eigenvalue weighted by Crippen LogP contribution is -2.46. The van der Waals surface area contributed by atoms with Gasteiger partial charge in [-0.25, -0.2) is 0 Å². The Morgan fingerprint density at radius 3 is 2.41 bits per heavy atom. The average Bonchev–Trinajstić information content (AvgIpc) is 2.94. The highest BCUT2D eigenvalue weighted by atomic mass is 127. The van der Waals surface area contributed by atoms with Crippen molar-refractivity contribution in [2.45, 2.75) is 50.7 Å². The quantitative estimate of drug-likeness (QED) is 0.343. The maximum Gasteiger partial charge on any atom is 0.191 e. The molecule has 4 nitrogen and oxygen atoms in total. The number of halogens is 1. The molecule has 0 unspecified atom stereocenters. The number of nitrogens with one attached hydrogen (secondary N) is 2. The molecule has 0 radical (unpaired) electrons. The van der Waals surface area contributed by atoms with Crippen LogP contribution in [0.25, 0.3) is 0 Å². The molecule has 0 bridgehead atoms. The van der Waals surface area contributed by atoms with Crippen LogP contribution in [0.2, 0.25) is 0 Å². The maximum absolute atomic E-state index is 5.29. The lowest BCUT2D eigenvalue weighted by molar-refractivity contribution is 0.138. The highest BCUT2D eigenvalue weighted by Crippen LogP contribution is 2.40. The first-order chi connectivity index (χ1) is 9.97. The number of nitrogens with zero attached hydrogens (tertiary/aromatic N) is 1. The van der Waals surface area contributed by atoms with Gasteiger partial charge in [0, 0.05) is 38.6 Å². The summed E-state index contributed by atoms with van der Waals surface area (Å²) in [5.41, 5.74) is 0.392. The predicted molar refractivity (Wildman–Crippen MR) is 110 cm³/mol. The average molecular weight is 443 g/mol. The first kappa shape index (κ1) is 22.3. The summed E-state index contributed by atoms with van der Waals surface area (Å²) in [5.74, 6) is 0.917. The van der Waals surface area contributed by atoms with Crippen LogP contribution in [0.3, 0.4) is 0 Å². The summed E-state index contributed by atoms with van der Waals surface area (Å²) < 4.78 is 5.51. The SMILES string of the molecule is CN=C(NCC1(CCOC)CCCC1)NCC(C)(C)SC.I. The third kappa shape index (κ3) is 7.73. The molecule has 1 aliphatic rings. The minimum absolute atomic E-state index is 0. The summed E-state index contributed by atoms with van der Waals surface area (Å²) in [5, 5.41) is 6.98. The fourth-order valence-electron chi connectivity index (χ4n) is 2.82. The van der Waals surface area contributed by atoms with Gasteiger partial charge < -0.3 is 15.4 Å². The summed E-state index contributed by atoms with van der Waals surface area (Å²) in [6.07, 6.45) is 8.58. The monoisotopic (exact) mass is 443 g/mol. The van der Waals surface area contributed by atoms with Crippen LogP contribution in [0.1, 0.15) is 46.0 Å². The van der Waals surface area contributed by atoms with Gasteiger partial charge in [0.15, 0.2) is 5.96 Å². The molecule has 0 aliphatic heterocycles. The van der Waals surface area contributed by atoms with E-state index < -0.39 is 0 Å². The molecule has 0 spiro atoms. The van der Waals surface area contributed by atoms with Gasteiger partial charge in [0.25, 0.3) is 0 Å². The van der Waals surface area contributed by atoms with Crippen molar-refractivity contribution in [1.82, 2.24) is 10.6 Å². The van der Waals surface area contributed by atoms with Crippen molar-refractivity contribution in [2.75, 3.05) is 40.1 Å². The first-order valence-electron chi connectivity index (χ1n) is 7.95. The van der Waals surface area contributed by atoms with Crippen LogP contribution in [0.5, 0.6) is 0 Å². The molecule has 2 N–H and O–H groups in total. The molecular weight excluding hydrogens is 409 g/mol. The smallest absolute Gasteiger partial charge is 0.191 e. The van der Waals surface area contributed by atoms with Crippen molar-refractivity contribution in [3.63, 3.8) is 0 Å². The summed E-state index contributed by atoms with van der Waals surface area (Å²) in [6, 6.07) is 0. The summed E-state index contributed by atoms with van der Waals surface area (Å²) in [4.78, 5) is 4.35. The molecule has 0 saturated heterocycles. The number of thioether (sulfide) groups is 1. The Bertz CT molecular complexity index is 331. The van der Waals surface area contributed by atoms with Gasteiger partial charge in [0.05, 0.1) is 0 Å². The van der Waals surface area contributed by atoms with Crippen molar-refractivity contribution in [2.24, 2.45) is 10.4 Å². The van der Waals surface area contributed by atoms with Crippen LogP contribution < -0.4 is 10.6 Å². The third-order valence-corrected chi connectivity index (χ3v) is 5.84. The van der Waals surface area contributed by atoms with E-state index in [0.717, 1.165) is 32.1 Å². The van der Waals surface area contributed by atoms with Gasteiger partial charge in [0.2, 0.25) is 0 Å². The largest absolute Gasteiger partial charge is 0.385 e. The highest BCUT2D eigenvalue weighted by molar-refractivity contribution is 14.0. The van der Waals surface area contributed by atoms with E-state index in [-0.39, 0.29) is 28.7 Å². The lowest BCUT2D eigenvalue weighted by Gasteiger charge is -2.30. The van der Waals surface area contributed by atoms with Crippen LogP contribution in [0, 0.1) is 5.41 Å². The van der Waals surface area contributed by atoms with Gasteiger partial charge in [-0.2, -0.15) is 11.8 Å². The molecule has 1 fully saturated rings. The van der Waals surface area contributed by atoms with Crippen LogP contribution in [-0.2, 0) is 4.74 Å². The fraction of sp³-hybridized carbons (Fsp3) is 0.938. The van der Waals surface area contributed by atoms with Gasteiger partial charge in [-0.15, -0.1) is 24.0 Å². The van der Waals surface area contributed by atoms with Crippen molar-refractivity contribution >= 4 is 41.7 Å². The van der Waals surface area contributed by atoms with Gasteiger partial charge in [-0.1, -0.05) is 12.8 Å². The number of hydrogen-bond acceptors (Lipinski definition) is 3. The minimum Gasteiger partial charge on any atom is -0.385 e. The van der Waals surface area contributed by atoms with E-state index in [1.807, 2.05) is 18.8 Å². The molecule has 1 aliphatic carbocycles. The standard InChI is InChI=1S/C16H33N3OS.HI/c1-15(2,21-5)12-18-14(17-3)19-13-16(10-11-20-4)8-6-7-9-16;/h6-13H2,1-5H3,(H2,17,18,19);1H. The van der Waals surface area contributed by atoms with Crippen molar-refractivity contribution in [3.8, 4) is 0 Å². The Kier molecular flexibility index (Phi) is 11.1. The molecule has 0 heterocycles. The second kappa shape index (κ2) is 11.0. The normalized spacial score (nSPS) is 18.0. The Hall–Kier alpha value is 0.310. The Balaban J connectivity index is 0.00000441. The van der Waals surface area contributed by atoms with E-state index in [9.17, 15) is 0 Å². The maximum atomic E-state index is 5.29. The van der Waals surface area contributed by atoms with E-state index in [1.54, 1.807) is 7.11 Å². The molecule has 0 amide bonds. The van der Waals surface area contributed by atoms with E-state index >= 15 is 0 Å². The molecule has 1 saturated carbocycles. The van der Waals surface area contributed by atoms with E-state index in [1.165, 1.54) is 25.7 Å². The summed E-state index contributed by atoms with van der Waals surface area (Å²) >= 11 is 1.87. The molecule has 0 aromatic rings. The lowest BCUT2D eigenvalue weighted by atomic mass is 9.83. The fourth-order valence-corrected chi connectivity index (χ4v) is 3.04. The van der Waals surface area contributed by atoms with E-state index in [2.05, 4.69) is 35.7 Å². The Morgan fingerprint density at radius 2 is 1.91 bits per heavy atom. The number of hydrogen-bond donors (Lipinski definition) is 2. The zero-order chi connectivity index (χ0) is 15.8. The Morgan fingerprint density at radius 1 is 1.27 bits per heavy atom. The molecule has 0 aromatic heterocycles. The molecule has 0 atom stereocenters. The van der Waals surface area contributed by atoms with Crippen LogP contribution in [0.15, 0.2) is 4.99 Å². The van der Waals surface area contributed by atoms with Gasteiger partial charge in [-0.05, 0) is 44.8 Å². The molecule has 132 valence electrons. The van der Waals surface area contributed by atoms with E-state index in [4.69, 9.17) is 4.74 Å². The number of aliphatic imine (C=N–C) groups is 1. The minimum atomic E-state index is 0. The second-order valence-corrected chi connectivity index (χ2v) is 8.21. The van der Waals surface area contributed by atoms with Gasteiger partial charge in [-0.3, -0.25) is 4.99 Å². The Labute approximate surface area is 158 Å². The number of ether oxygens (including phenoxy) is 1. The van der Waals surface area contributed by atoms with E-state index in [0.29, 0.717) is 5.41 Å². The van der Waals surface area contributed by atoms with Crippen LogP contribution >= 0.6 is 35.7 Å². The van der Waals surface area contributed by atoms with Gasteiger partial charge in [0.1, 0.15) is 0 Å². The zero-order valence-corrected chi connectivity index (χ0v) is 18.0. The number of guanidine groups is 1. The number of methoxy groups -OCH3 is 1. The molecule has 1 rings (SSSR count). The molecular formula is C16H34IN3OS. The summed E-state index contributed by atoms with van der Waals surface area (Å²) in [6.45, 7) is 7.26. The van der Waals surface area contributed by atoms with Crippen molar-refractivity contribution < 1.29 is 4.74 Å². The van der Waals surface area contributed by atoms with Gasteiger partial charge >= 0.3 is 0 Å². The topological polar surface area (TPSA) is 45.7 Å². The predicted octanol–water partition coefficient (Wildman–Crippen LogP) is 3.51. The zero-order valence-electron chi connectivity index (χ0n) is 14.8. The molecule has 6 heteroatoms. The molecule has 22 heavy (non-hydrogen) atoms. The third-order valence-electron chi connectivity index (χ3n) is 4.59. The molecule has 0 aromatic carbocycles. The van der Waals surface area contributed by atoms with Crippen LogP contribution in [-0.4, -0.2) is 50.8 Å². The second-order valence-electron chi connectivity index (χ2n) is 6.69. The number of rotatable bonds is 8. The highest BCUT2D eigenvalue weighted by Gasteiger charge is 2.33. The first-order valence-corrected chi connectivity index (χ1v) is 9.18. The van der Waals surface area contributed by atoms with Crippen LogP contribution in [0.4, 0.5) is 0 Å². The van der Waals surface area contributed by atoms with Crippen molar-refractivity contribution in [3.05, 3.63) is 0 Å². The summed E-state index contributed by atoms with van der Waals surface area (Å²) in [7, 11) is 3.64.